The average Bonchev–Trinajstić information content (AvgIpc) is 3.08. The number of rotatable bonds is 5. The van der Waals surface area contributed by atoms with E-state index >= 15 is 0 Å². The topological polar surface area (TPSA) is 83.2 Å². The van der Waals surface area contributed by atoms with Crippen LogP contribution in [0.25, 0.3) is 0 Å². The van der Waals surface area contributed by atoms with Crippen molar-refractivity contribution in [3.63, 3.8) is 0 Å². The Balaban J connectivity index is 0.00000338. The van der Waals surface area contributed by atoms with Crippen LogP contribution in [0.3, 0.4) is 0 Å². The van der Waals surface area contributed by atoms with Crippen molar-refractivity contribution in [2.24, 2.45) is 4.99 Å². The first-order valence-electron chi connectivity index (χ1n) is 8.95. The van der Waals surface area contributed by atoms with Gasteiger partial charge in [-0.25, -0.2) is 9.79 Å². The molecule has 0 aromatic carbocycles. The third-order valence-electron chi connectivity index (χ3n) is 3.99. The Kier molecular flexibility index (Phi) is 9.74. The molecule has 8 nitrogen and oxygen atoms in total. The van der Waals surface area contributed by atoms with Crippen LogP contribution in [0.4, 0.5) is 4.79 Å². The van der Waals surface area contributed by atoms with Crippen molar-refractivity contribution >= 4 is 36.0 Å². The van der Waals surface area contributed by atoms with Gasteiger partial charge in [0.1, 0.15) is 6.54 Å². The average molecular weight is 479 g/mol. The molecule has 1 aliphatic heterocycles. The van der Waals surface area contributed by atoms with E-state index in [1.165, 1.54) is 0 Å². The molecule has 0 bridgehead atoms. The second-order valence-corrected chi connectivity index (χ2v) is 6.22. The zero-order chi connectivity index (χ0) is 18.2. The van der Waals surface area contributed by atoms with Gasteiger partial charge in [0.25, 0.3) is 0 Å². The lowest BCUT2D eigenvalue weighted by Gasteiger charge is -2.35. The molecule has 0 saturated carbocycles. The third-order valence-corrected chi connectivity index (χ3v) is 3.99. The summed E-state index contributed by atoms with van der Waals surface area (Å²) in [5, 5.41) is 7.36. The summed E-state index contributed by atoms with van der Waals surface area (Å²) in [6, 6.07) is 1.95. The summed E-state index contributed by atoms with van der Waals surface area (Å²) in [7, 11) is 0. The smallest absolute Gasteiger partial charge is 0.409 e. The van der Waals surface area contributed by atoms with Gasteiger partial charge in [0.2, 0.25) is 0 Å². The fourth-order valence-electron chi connectivity index (χ4n) is 2.57. The number of guanidine groups is 1. The van der Waals surface area contributed by atoms with E-state index in [1.807, 2.05) is 19.9 Å². The molecule has 0 aliphatic carbocycles. The maximum Gasteiger partial charge on any atom is 0.409 e. The standard InChI is InChI=1S/C17H29N5O3.HI/c1-5-18-16(19-12-14-11-15(13(3)4)20-25-14)21-7-9-22(10-8-21)17(23)24-6-2;/h11,13H,5-10,12H2,1-4H3,(H,18,19);1H. The molecule has 1 fully saturated rings. The van der Waals surface area contributed by atoms with Crippen LogP contribution in [-0.4, -0.2) is 66.3 Å². The van der Waals surface area contributed by atoms with Crippen LogP contribution in [-0.2, 0) is 11.3 Å². The van der Waals surface area contributed by atoms with Gasteiger partial charge in [0.05, 0.1) is 12.3 Å². The number of carbonyl (C=O) groups is 1. The van der Waals surface area contributed by atoms with E-state index in [0.717, 1.165) is 37.0 Å². The lowest BCUT2D eigenvalue weighted by molar-refractivity contribution is 0.0914. The molecule has 9 heteroatoms. The molecule has 1 N–H and O–H groups in total. The molecule has 1 amide bonds. The van der Waals surface area contributed by atoms with Gasteiger partial charge in [0, 0.05) is 38.8 Å². The monoisotopic (exact) mass is 479 g/mol. The van der Waals surface area contributed by atoms with Crippen molar-refractivity contribution in [1.29, 1.82) is 0 Å². The molecule has 26 heavy (non-hydrogen) atoms. The maximum absolute atomic E-state index is 11.8. The van der Waals surface area contributed by atoms with E-state index < -0.39 is 0 Å². The first-order chi connectivity index (χ1) is 12.0. The first kappa shape index (κ1) is 22.5. The quantitative estimate of drug-likeness (QED) is 0.397. The van der Waals surface area contributed by atoms with Crippen molar-refractivity contribution in [3.8, 4) is 0 Å². The van der Waals surface area contributed by atoms with Gasteiger partial charge < -0.3 is 24.4 Å². The predicted octanol–water partition coefficient (Wildman–Crippen LogP) is 2.66. The maximum atomic E-state index is 11.8. The Hall–Kier alpha value is -1.52. The van der Waals surface area contributed by atoms with E-state index in [1.54, 1.807) is 4.90 Å². The van der Waals surface area contributed by atoms with Crippen molar-refractivity contribution in [2.75, 3.05) is 39.3 Å². The first-order valence-corrected chi connectivity index (χ1v) is 8.95. The summed E-state index contributed by atoms with van der Waals surface area (Å²) in [5.41, 5.74) is 0.943. The van der Waals surface area contributed by atoms with E-state index in [9.17, 15) is 4.79 Å². The largest absolute Gasteiger partial charge is 0.450 e. The summed E-state index contributed by atoms with van der Waals surface area (Å²) >= 11 is 0. The second-order valence-electron chi connectivity index (χ2n) is 6.22. The molecule has 0 unspecified atom stereocenters. The van der Waals surface area contributed by atoms with Crippen molar-refractivity contribution < 1.29 is 14.1 Å². The molecule has 0 spiro atoms. The summed E-state index contributed by atoms with van der Waals surface area (Å²) in [6.07, 6.45) is -0.244. The van der Waals surface area contributed by atoms with E-state index in [4.69, 9.17) is 9.26 Å². The fourth-order valence-corrected chi connectivity index (χ4v) is 2.57. The molecule has 1 aliphatic rings. The number of piperazine rings is 1. The number of ether oxygens (including phenoxy) is 1. The zero-order valence-corrected chi connectivity index (χ0v) is 18.4. The predicted molar refractivity (Wildman–Crippen MR) is 111 cm³/mol. The van der Waals surface area contributed by atoms with Gasteiger partial charge in [-0.3, -0.25) is 0 Å². The third kappa shape index (κ3) is 6.33. The molecule has 2 rings (SSSR count). The van der Waals surface area contributed by atoms with E-state index in [0.29, 0.717) is 32.2 Å². The van der Waals surface area contributed by atoms with Crippen molar-refractivity contribution in [1.82, 2.24) is 20.3 Å². The Bertz CT molecular complexity index is 583. The number of aliphatic imine (C=N–C) groups is 1. The molecule has 148 valence electrons. The molecule has 1 aromatic heterocycles. The molecule has 0 atom stereocenters. The summed E-state index contributed by atoms with van der Waals surface area (Å²) in [6.45, 7) is 12.3. The minimum atomic E-state index is -0.244. The number of hydrogen-bond donors (Lipinski definition) is 1. The molecule has 1 saturated heterocycles. The highest BCUT2D eigenvalue weighted by Gasteiger charge is 2.23. The Morgan fingerprint density at radius 3 is 2.50 bits per heavy atom. The summed E-state index contributed by atoms with van der Waals surface area (Å²) in [5.74, 6) is 1.92. The molecule has 1 aromatic rings. The number of nitrogens with zero attached hydrogens (tertiary/aromatic N) is 4. The van der Waals surface area contributed by atoms with Gasteiger partial charge in [-0.15, -0.1) is 24.0 Å². The van der Waals surface area contributed by atoms with Gasteiger partial charge in [0.15, 0.2) is 11.7 Å². The number of aromatic nitrogens is 1. The van der Waals surface area contributed by atoms with Crippen molar-refractivity contribution in [2.45, 2.75) is 40.2 Å². The molecule has 0 radical (unpaired) electrons. The van der Waals surface area contributed by atoms with Gasteiger partial charge in [-0.2, -0.15) is 0 Å². The highest BCUT2D eigenvalue weighted by Crippen LogP contribution is 2.14. The minimum Gasteiger partial charge on any atom is -0.450 e. The van der Waals surface area contributed by atoms with Crippen LogP contribution >= 0.6 is 24.0 Å². The molecular formula is C17H30IN5O3. The summed E-state index contributed by atoms with van der Waals surface area (Å²) < 4.78 is 10.4. The van der Waals surface area contributed by atoms with Crippen LogP contribution in [0.15, 0.2) is 15.6 Å². The lowest BCUT2D eigenvalue weighted by atomic mass is 10.1. The van der Waals surface area contributed by atoms with Gasteiger partial charge in [-0.05, 0) is 19.8 Å². The van der Waals surface area contributed by atoms with Crippen molar-refractivity contribution in [3.05, 3.63) is 17.5 Å². The van der Waals surface area contributed by atoms with Crippen LogP contribution in [0.1, 0.15) is 45.1 Å². The van der Waals surface area contributed by atoms with Gasteiger partial charge in [-0.1, -0.05) is 19.0 Å². The van der Waals surface area contributed by atoms with Gasteiger partial charge >= 0.3 is 6.09 Å². The number of hydrogen-bond acceptors (Lipinski definition) is 5. The zero-order valence-electron chi connectivity index (χ0n) is 16.0. The van der Waals surface area contributed by atoms with Crippen LogP contribution in [0.2, 0.25) is 0 Å². The number of halogens is 1. The number of amides is 1. The number of nitrogens with one attached hydrogen (secondary N) is 1. The van der Waals surface area contributed by atoms with Crippen LogP contribution in [0, 0.1) is 0 Å². The van der Waals surface area contributed by atoms with Crippen LogP contribution in [0.5, 0.6) is 0 Å². The highest BCUT2D eigenvalue weighted by atomic mass is 127. The fraction of sp³-hybridized carbons (Fsp3) is 0.706. The van der Waals surface area contributed by atoms with E-state index in [-0.39, 0.29) is 30.1 Å². The number of carbonyl (C=O) groups excluding carboxylic acids is 1. The second kappa shape index (κ2) is 11.2. The normalized spacial score (nSPS) is 15.0. The Morgan fingerprint density at radius 1 is 1.31 bits per heavy atom. The Morgan fingerprint density at radius 2 is 1.96 bits per heavy atom. The lowest BCUT2D eigenvalue weighted by Crippen LogP contribution is -2.53. The SMILES string of the molecule is CCNC(=NCc1cc(C(C)C)no1)N1CCN(C(=O)OCC)CC1.I. The Labute approximate surface area is 172 Å². The summed E-state index contributed by atoms with van der Waals surface area (Å²) in [4.78, 5) is 20.3. The van der Waals surface area contributed by atoms with E-state index in [2.05, 4.69) is 34.2 Å². The molecule has 2 heterocycles. The highest BCUT2D eigenvalue weighted by molar-refractivity contribution is 14.0. The minimum absolute atomic E-state index is 0. The van der Waals surface area contributed by atoms with Crippen LogP contribution < -0.4 is 5.32 Å². The molecular weight excluding hydrogens is 449 g/mol.